The molecule has 1 rings (SSSR count). The number of ether oxygens (including phenoxy) is 1. The summed E-state index contributed by atoms with van der Waals surface area (Å²) in [5.41, 5.74) is -0.572. The lowest BCUT2D eigenvalue weighted by Crippen LogP contribution is -2.53. The molecule has 1 aromatic carbocycles. The Kier molecular flexibility index (Phi) is 5.97. The first-order valence-corrected chi connectivity index (χ1v) is 10.4. The smallest absolute Gasteiger partial charge is 0.408 e. The van der Waals surface area contributed by atoms with Crippen LogP contribution >= 0.6 is 0 Å². The number of rotatable bonds is 5. The predicted octanol–water partition coefficient (Wildman–Crippen LogP) is 2.58. The van der Waals surface area contributed by atoms with Gasteiger partial charge in [0, 0.05) is 0 Å². The van der Waals surface area contributed by atoms with Crippen LogP contribution in [0.4, 0.5) is 4.79 Å². The highest BCUT2D eigenvalue weighted by atomic mass is 28.3. The van der Waals surface area contributed by atoms with Gasteiger partial charge in [-0.1, -0.05) is 53.8 Å². The lowest BCUT2D eigenvalue weighted by atomic mass is 10.2. The van der Waals surface area contributed by atoms with E-state index in [0.717, 1.165) is 5.20 Å². The van der Waals surface area contributed by atoms with E-state index < -0.39 is 25.8 Å². The summed E-state index contributed by atoms with van der Waals surface area (Å²) in [6, 6.07) is 9.59. The van der Waals surface area contributed by atoms with Crippen LogP contribution in [0.1, 0.15) is 20.8 Å². The van der Waals surface area contributed by atoms with Gasteiger partial charge < -0.3 is 15.2 Å². The molecule has 0 spiro atoms. The van der Waals surface area contributed by atoms with E-state index in [1.165, 1.54) is 5.19 Å². The molecular weight excluding hydrogens is 294 g/mol. The van der Waals surface area contributed by atoms with Crippen LogP contribution in [0.3, 0.4) is 0 Å². The van der Waals surface area contributed by atoms with Crippen molar-refractivity contribution >= 4 is 19.4 Å². The van der Waals surface area contributed by atoms with Crippen molar-refractivity contribution in [2.24, 2.45) is 0 Å². The molecule has 0 fully saturated rings. The molecule has 2 N–H and O–H groups in total. The van der Waals surface area contributed by atoms with Crippen LogP contribution in [0, 0.1) is 0 Å². The first kappa shape index (κ1) is 18.5. The van der Waals surface area contributed by atoms with E-state index in [4.69, 9.17) is 4.74 Å². The molecule has 0 bridgehead atoms. The van der Waals surface area contributed by atoms with Gasteiger partial charge in [-0.05, 0) is 20.8 Å². The summed E-state index contributed by atoms with van der Waals surface area (Å²) in [7, 11) is -2.02. The Morgan fingerprint density at radius 1 is 1.32 bits per heavy atom. The minimum Gasteiger partial charge on any atom is -0.444 e. The van der Waals surface area contributed by atoms with Crippen LogP contribution in [0.5, 0.6) is 0 Å². The first-order valence-electron chi connectivity index (χ1n) is 7.43. The largest absolute Gasteiger partial charge is 0.444 e. The monoisotopic (exact) mass is 321 g/mol. The average Bonchev–Trinajstić information content (AvgIpc) is 2.43. The van der Waals surface area contributed by atoms with E-state index in [9.17, 15) is 9.90 Å². The molecule has 0 heterocycles. The highest BCUT2D eigenvalue weighted by molar-refractivity contribution is 6.95. The Hall–Kier alpha value is -1.59. The minimum absolute atomic E-state index is 0.193. The molecule has 0 aliphatic carbocycles. The molecule has 0 saturated heterocycles. The highest BCUT2D eigenvalue weighted by Crippen LogP contribution is 2.18. The molecule has 0 unspecified atom stereocenters. The summed E-state index contributed by atoms with van der Waals surface area (Å²) < 4.78 is 5.25. The van der Waals surface area contributed by atoms with Crippen molar-refractivity contribution in [3.05, 3.63) is 42.1 Å². The number of aliphatic hydroxyl groups excluding tert-OH is 1. The number of carbonyl (C=O) groups is 1. The van der Waals surface area contributed by atoms with Crippen LogP contribution in [-0.4, -0.2) is 37.5 Å². The van der Waals surface area contributed by atoms with Crippen molar-refractivity contribution in [2.75, 3.05) is 6.61 Å². The van der Waals surface area contributed by atoms with Gasteiger partial charge in [-0.15, -0.1) is 6.58 Å². The highest BCUT2D eigenvalue weighted by Gasteiger charge is 2.33. The maximum atomic E-state index is 11.9. The van der Waals surface area contributed by atoms with Crippen molar-refractivity contribution in [3.63, 3.8) is 0 Å². The van der Waals surface area contributed by atoms with Gasteiger partial charge in [0.1, 0.15) is 13.7 Å². The van der Waals surface area contributed by atoms with E-state index in [2.05, 4.69) is 37.1 Å². The lowest BCUT2D eigenvalue weighted by molar-refractivity contribution is 0.0496. The fraction of sp³-hybridized carbons (Fsp3) is 0.471. The van der Waals surface area contributed by atoms with Gasteiger partial charge in [0.25, 0.3) is 0 Å². The van der Waals surface area contributed by atoms with Crippen molar-refractivity contribution in [3.8, 4) is 0 Å². The van der Waals surface area contributed by atoms with Crippen LogP contribution in [-0.2, 0) is 4.74 Å². The van der Waals surface area contributed by atoms with Crippen LogP contribution in [0.15, 0.2) is 42.1 Å². The second kappa shape index (κ2) is 7.11. The number of carbonyl (C=O) groups excluding carboxylic acids is 1. The molecule has 22 heavy (non-hydrogen) atoms. The molecule has 5 heteroatoms. The van der Waals surface area contributed by atoms with E-state index in [0.29, 0.717) is 0 Å². The molecule has 1 atom stereocenters. The van der Waals surface area contributed by atoms with Gasteiger partial charge in [0.05, 0.1) is 12.6 Å². The molecule has 4 nitrogen and oxygen atoms in total. The summed E-state index contributed by atoms with van der Waals surface area (Å²) >= 11 is 0. The summed E-state index contributed by atoms with van der Waals surface area (Å²) in [5.74, 6) is 0. The zero-order valence-corrected chi connectivity index (χ0v) is 15.1. The molecule has 1 aromatic rings. The van der Waals surface area contributed by atoms with Crippen molar-refractivity contribution < 1.29 is 14.6 Å². The Labute approximate surface area is 134 Å². The Morgan fingerprint density at radius 3 is 2.32 bits per heavy atom. The summed E-state index contributed by atoms with van der Waals surface area (Å²) in [4.78, 5) is 11.9. The van der Waals surface area contributed by atoms with E-state index in [1.807, 2.05) is 18.2 Å². The summed E-state index contributed by atoms with van der Waals surface area (Å²) in [5, 5.41) is 14.4. The molecule has 1 amide bonds. The summed E-state index contributed by atoms with van der Waals surface area (Å²) in [6.07, 6.45) is -0.537. The fourth-order valence-corrected chi connectivity index (χ4v) is 4.60. The van der Waals surface area contributed by atoms with Gasteiger partial charge >= 0.3 is 6.09 Å². The number of alkyl carbamates (subject to hydrolysis) is 1. The van der Waals surface area contributed by atoms with E-state index in [1.54, 1.807) is 20.8 Å². The predicted molar refractivity (Wildman–Crippen MR) is 92.9 cm³/mol. The number of hydrogen-bond donors (Lipinski definition) is 2. The first-order chi connectivity index (χ1) is 10.1. The van der Waals surface area contributed by atoms with Crippen molar-refractivity contribution in [2.45, 2.75) is 45.5 Å². The second-order valence-corrected chi connectivity index (χ2v) is 11.4. The molecule has 0 saturated carbocycles. The maximum absolute atomic E-state index is 11.9. The van der Waals surface area contributed by atoms with Crippen LogP contribution in [0.25, 0.3) is 0 Å². The standard InChI is InChI=1S/C17H27NO3Si/c1-13(22(5,6)14-10-8-7-9-11-14)15(12-19)18-16(20)21-17(2,3)4/h7-11,15,19H,1,12H2,2-6H3,(H,18,20)/t15-/m1/s1. The zero-order valence-electron chi connectivity index (χ0n) is 14.1. The quantitative estimate of drug-likeness (QED) is 0.820. The lowest BCUT2D eigenvalue weighted by Gasteiger charge is -2.32. The molecule has 0 aliphatic rings. The van der Waals surface area contributed by atoms with Gasteiger partial charge in [0.2, 0.25) is 0 Å². The Morgan fingerprint density at radius 2 is 1.86 bits per heavy atom. The van der Waals surface area contributed by atoms with Gasteiger partial charge in [-0.3, -0.25) is 0 Å². The molecule has 122 valence electrons. The van der Waals surface area contributed by atoms with Gasteiger partial charge in [-0.25, -0.2) is 4.79 Å². The van der Waals surface area contributed by atoms with Crippen LogP contribution < -0.4 is 10.5 Å². The maximum Gasteiger partial charge on any atom is 0.408 e. The number of nitrogens with one attached hydrogen (secondary N) is 1. The van der Waals surface area contributed by atoms with E-state index in [-0.39, 0.29) is 6.61 Å². The average molecular weight is 321 g/mol. The zero-order chi connectivity index (χ0) is 17.0. The Balaban J connectivity index is 2.86. The topological polar surface area (TPSA) is 58.6 Å². The van der Waals surface area contributed by atoms with Crippen molar-refractivity contribution in [1.29, 1.82) is 0 Å². The molecular formula is C17H27NO3Si. The SMILES string of the molecule is C=C([C@@H](CO)NC(=O)OC(C)(C)C)[Si](C)(C)c1ccccc1. The van der Waals surface area contributed by atoms with E-state index >= 15 is 0 Å². The molecule has 0 aliphatic heterocycles. The third-order valence-electron chi connectivity index (χ3n) is 3.59. The normalized spacial score (nSPS) is 13.4. The number of amides is 1. The summed E-state index contributed by atoms with van der Waals surface area (Å²) in [6.45, 7) is 13.7. The molecule has 0 radical (unpaired) electrons. The molecule has 0 aromatic heterocycles. The van der Waals surface area contributed by atoms with Crippen molar-refractivity contribution in [1.82, 2.24) is 5.32 Å². The van der Waals surface area contributed by atoms with Gasteiger partial charge in [0.15, 0.2) is 0 Å². The number of hydrogen-bond acceptors (Lipinski definition) is 3. The fourth-order valence-electron chi connectivity index (χ4n) is 2.17. The third kappa shape index (κ3) is 5.00. The van der Waals surface area contributed by atoms with Gasteiger partial charge in [-0.2, -0.15) is 0 Å². The number of aliphatic hydroxyl groups is 1. The third-order valence-corrected chi connectivity index (χ3v) is 7.32. The number of benzene rings is 1. The minimum atomic E-state index is -2.02. The van der Waals surface area contributed by atoms with Crippen LogP contribution in [0.2, 0.25) is 13.1 Å². The second-order valence-electron chi connectivity index (χ2n) is 6.90. The Bertz CT molecular complexity index is 520.